The Balaban J connectivity index is 1.88. The molecule has 4 aromatic rings. The molecule has 3 aromatic heterocycles. The van der Waals surface area contributed by atoms with Gasteiger partial charge in [0.25, 0.3) is 5.56 Å². The van der Waals surface area contributed by atoms with Gasteiger partial charge in [0, 0.05) is 29.5 Å². The Hall–Kier alpha value is -2.29. The van der Waals surface area contributed by atoms with E-state index < -0.39 is 0 Å². The number of nitrogens with zero attached hydrogens (tertiary/aromatic N) is 3. The first-order valence-electron chi connectivity index (χ1n) is 8.38. The van der Waals surface area contributed by atoms with Crippen molar-refractivity contribution in [3.8, 4) is 5.69 Å². The Labute approximate surface area is 168 Å². The number of methoxy groups -OCH3 is 1. The van der Waals surface area contributed by atoms with Crippen molar-refractivity contribution < 1.29 is 4.74 Å². The number of benzene rings is 1. The maximum atomic E-state index is 13.1. The van der Waals surface area contributed by atoms with Gasteiger partial charge in [-0.1, -0.05) is 15.9 Å². The van der Waals surface area contributed by atoms with Crippen molar-refractivity contribution in [1.29, 1.82) is 0 Å². The van der Waals surface area contributed by atoms with E-state index in [1.165, 1.54) is 11.3 Å². The normalized spacial score (nSPS) is 12.6. The van der Waals surface area contributed by atoms with Gasteiger partial charge in [-0.3, -0.25) is 9.36 Å². The molecular formula is C19H17BrN4O2S. The molecule has 27 heavy (non-hydrogen) atoms. The summed E-state index contributed by atoms with van der Waals surface area (Å²) < 4.78 is 8.31. The molecule has 0 aliphatic heterocycles. The minimum absolute atomic E-state index is 0.0961. The predicted octanol–water partition coefficient (Wildman–Crippen LogP) is 4.20. The van der Waals surface area contributed by atoms with Crippen LogP contribution < -0.4 is 10.9 Å². The van der Waals surface area contributed by atoms with Crippen LogP contribution in [0.5, 0.6) is 0 Å². The number of hydrogen-bond acceptors (Lipinski definition) is 6. The summed E-state index contributed by atoms with van der Waals surface area (Å²) in [5.74, 6) is 0. The van der Waals surface area contributed by atoms with E-state index in [0.29, 0.717) is 16.8 Å². The van der Waals surface area contributed by atoms with E-state index in [9.17, 15) is 4.79 Å². The van der Waals surface area contributed by atoms with E-state index >= 15 is 0 Å². The van der Waals surface area contributed by atoms with Gasteiger partial charge >= 0.3 is 0 Å². The Morgan fingerprint density at radius 1 is 1.26 bits per heavy atom. The molecule has 0 saturated carbocycles. The fraction of sp³-hybridized carbons (Fsp3) is 0.211. The molecule has 0 aliphatic carbocycles. The summed E-state index contributed by atoms with van der Waals surface area (Å²) in [7, 11) is 1.67. The standard InChI is InChI=1S/C19H17BrN4O2S/c1-11(9-26-2)23-14-7-8-21-18-15(14)16-17(27-18)19(25)24(10-22-16)13-5-3-12(20)4-6-13/h3-8,10-11H,9H2,1-2H3,(H,21,23). The molecule has 1 unspecified atom stereocenters. The van der Waals surface area contributed by atoms with Gasteiger partial charge in [0.05, 0.1) is 23.2 Å². The number of anilines is 1. The quantitative estimate of drug-likeness (QED) is 0.499. The molecule has 8 heteroatoms. The zero-order chi connectivity index (χ0) is 19.0. The van der Waals surface area contributed by atoms with E-state index in [1.807, 2.05) is 37.3 Å². The zero-order valence-electron chi connectivity index (χ0n) is 14.8. The minimum atomic E-state index is -0.0961. The molecular weight excluding hydrogens is 428 g/mol. The van der Waals surface area contributed by atoms with Crippen LogP contribution in [0.2, 0.25) is 0 Å². The van der Waals surface area contributed by atoms with Gasteiger partial charge in [0.1, 0.15) is 15.9 Å². The molecule has 4 rings (SSSR count). The number of nitrogens with one attached hydrogen (secondary N) is 1. The van der Waals surface area contributed by atoms with Crippen LogP contribution in [0.1, 0.15) is 6.92 Å². The third-order valence-electron chi connectivity index (χ3n) is 4.21. The van der Waals surface area contributed by atoms with Gasteiger partial charge in [0.2, 0.25) is 0 Å². The van der Waals surface area contributed by atoms with Crippen molar-refractivity contribution in [2.75, 3.05) is 19.0 Å². The van der Waals surface area contributed by atoms with Crippen molar-refractivity contribution in [2.24, 2.45) is 0 Å². The third kappa shape index (κ3) is 3.36. The molecule has 0 spiro atoms. The molecule has 138 valence electrons. The van der Waals surface area contributed by atoms with Gasteiger partial charge in [0.15, 0.2) is 0 Å². The second-order valence-corrected chi connectivity index (χ2v) is 8.13. The van der Waals surface area contributed by atoms with E-state index in [0.717, 1.165) is 26.1 Å². The predicted molar refractivity (Wildman–Crippen MR) is 113 cm³/mol. The number of pyridine rings is 1. The lowest BCUT2D eigenvalue weighted by atomic mass is 10.2. The Bertz CT molecular complexity index is 1170. The average Bonchev–Trinajstić information content (AvgIpc) is 3.04. The van der Waals surface area contributed by atoms with Crippen LogP contribution >= 0.6 is 27.3 Å². The zero-order valence-corrected chi connectivity index (χ0v) is 17.2. The van der Waals surface area contributed by atoms with Crippen molar-refractivity contribution in [2.45, 2.75) is 13.0 Å². The number of aromatic nitrogens is 3. The summed E-state index contributed by atoms with van der Waals surface area (Å²) in [6.45, 7) is 2.62. The first kappa shape index (κ1) is 18.1. The smallest absolute Gasteiger partial charge is 0.275 e. The molecule has 0 bridgehead atoms. The number of thiophene rings is 1. The third-order valence-corrected chi connectivity index (χ3v) is 5.81. The largest absolute Gasteiger partial charge is 0.383 e. The van der Waals surface area contributed by atoms with E-state index in [4.69, 9.17) is 4.74 Å². The van der Waals surface area contributed by atoms with Gasteiger partial charge in [-0.15, -0.1) is 11.3 Å². The Morgan fingerprint density at radius 2 is 2.04 bits per heavy atom. The number of rotatable bonds is 5. The molecule has 3 heterocycles. The van der Waals surface area contributed by atoms with Crippen LogP contribution in [0, 0.1) is 0 Å². The molecule has 6 nitrogen and oxygen atoms in total. The number of halogens is 1. The topological polar surface area (TPSA) is 69.0 Å². The summed E-state index contributed by atoms with van der Waals surface area (Å²) in [5.41, 5.74) is 2.26. The first-order valence-corrected chi connectivity index (χ1v) is 9.99. The van der Waals surface area contributed by atoms with Crippen LogP contribution in [-0.4, -0.2) is 34.3 Å². The number of ether oxygens (including phenoxy) is 1. The second kappa shape index (κ2) is 7.38. The lowest BCUT2D eigenvalue weighted by molar-refractivity contribution is 0.190. The van der Waals surface area contributed by atoms with Crippen LogP contribution in [-0.2, 0) is 4.74 Å². The Morgan fingerprint density at radius 3 is 2.78 bits per heavy atom. The highest BCUT2D eigenvalue weighted by Gasteiger charge is 2.17. The highest BCUT2D eigenvalue weighted by molar-refractivity contribution is 9.10. The summed E-state index contributed by atoms with van der Waals surface area (Å²) >= 11 is 4.78. The fourth-order valence-corrected chi connectivity index (χ4v) is 4.33. The Kier molecular flexibility index (Phi) is 4.94. The SMILES string of the molecule is COCC(C)Nc1ccnc2sc3c(=O)n(-c4ccc(Br)cc4)cnc3c12. The van der Waals surface area contributed by atoms with Crippen molar-refractivity contribution in [3.63, 3.8) is 0 Å². The lowest BCUT2D eigenvalue weighted by Crippen LogP contribution is -2.21. The summed E-state index contributed by atoms with van der Waals surface area (Å²) in [6.07, 6.45) is 3.32. The minimum Gasteiger partial charge on any atom is -0.383 e. The molecule has 0 radical (unpaired) electrons. The molecule has 0 aliphatic rings. The molecule has 1 aromatic carbocycles. The number of hydrogen-bond donors (Lipinski definition) is 1. The van der Waals surface area contributed by atoms with Gasteiger partial charge in [-0.25, -0.2) is 9.97 Å². The van der Waals surface area contributed by atoms with Crippen molar-refractivity contribution in [3.05, 3.63) is 57.7 Å². The second-order valence-electron chi connectivity index (χ2n) is 6.22. The van der Waals surface area contributed by atoms with Gasteiger partial charge < -0.3 is 10.1 Å². The van der Waals surface area contributed by atoms with Crippen molar-refractivity contribution in [1.82, 2.24) is 14.5 Å². The molecule has 0 fully saturated rings. The highest BCUT2D eigenvalue weighted by atomic mass is 79.9. The maximum absolute atomic E-state index is 13.1. The van der Waals surface area contributed by atoms with Crippen LogP contribution in [0.3, 0.4) is 0 Å². The summed E-state index contributed by atoms with van der Waals surface area (Å²) in [4.78, 5) is 22.9. The van der Waals surface area contributed by atoms with Crippen molar-refractivity contribution >= 4 is 53.4 Å². The first-order chi connectivity index (χ1) is 13.1. The summed E-state index contributed by atoms with van der Waals surface area (Å²) in [5, 5.41) is 4.30. The highest BCUT2D eigenvalue weighted by Crippen LogP contribution is 2.34. The average molecular weight is 445 g/mol. The van der Waals surface area contributed by atoms with E-state index in [1.54, 1.807) is 24.2 Å². The van der Waals surface area contributed by atoms with Gasteiger partial charge in [-0.05, 0) is 37.3 Å². The van der Waals surface area contributed by atoms with Gasteiger partial charge in [-0.2, -0.15) is 0 Å². The maximum Gasteiger partial charge on any atom is 0.275 e. The lowest BCUT2D eigenvalue weighted by Gasteiger charge is -2.14. The monoisotopic (exact) mass is 444 g/mol. The van der Waals surface area contributed by atoms with E-state index in [2.05, 4.69) is 31.2 Å². The van der Waals surface area contributed by atoms with E-state index in [-0.39, 0.29) is 11.6 Å². The van der Waals surface area contributed by atoms with Crippen LogP contribution in [0.4, 0.5) is 5.69 Å². The van der Waals surface area contributed by atoms with Crippen LogP contribution in [0.25, 0.3) is 26.1 Å². The summed E-state index contributed by atoms with van der Waals surface area (Å²) in [6, 6.07) is 9.59. The van der Waals surface area contributed by atoms with Crippen LogP contribution in [0.15, 0.2) is 52.1 Å². The fourth-order valence-electron chi connectivity index (χ4n) is 3.02. The molecule has 0 saturated heterocycles. The molecule has 1 atom stereocenters. The molecule has 1 N–H and O–H groups in total. The molecule has 0 amide bonds. The number of fused-ring (bicyclic) bond motifs is 3.